The molecule has 1 aromatic heterocycles. The highest BCUT2D eigenvalue weighted by molar-refractivity contribution is 5.80. The minimum Gasteiger partial charge on any atom is -0.493 e. The summed E-state index contributed by atoms with van der Waals surface area (Å²) in [7, 11) is 0. The number of carbonyl (C=O) groups is 2. The number of piperidine rings is 1. The molecular weight excluding hydrogens is 384 g/mol. The molecule has 2 saturated heterocycles. The van der Waals surface area contributed by atoms with Crippen LogP contribution in [0.25, 0.3) is 0 Å². The van der Waals surface area contributed by atoms with Crippen LogP contribution in [0.2, 0.25) is 0 Å². The molecule has 4 rings (SSSR count). The van der Waals surface area contributed by atoms with E-state index in [0.717, 1.165) is 24.2 Å². The number of benzene rings is 1. The molecule has 0 spiro atoms. The molecule has 3 heterocycles. The quantitative estimate of drug-likeness (QED) is 0.723. The second-order valence-electron chi connectivity index (χ2n) is 8.18. The van der Waals surface area contributed by atoms with Crippen molar-refractivity contribution < 1.29 is 18.8 Å². The molecule has 0 bridgehead atoms. The van der Waals surface area contributed by atoms with E-state index in [1.165, 1.54) is 0 Å². The van der Waals surface area contributed by atoms with Crippen molar-refractivity contribution in [1.82, 2.24) is 19.9 Å². The van der Waals surface area contributed by atoms with Crippen LogP contribution in [0.15, 0.2) is 28.8 Å². The minimum atomic E-state index is 0.0126. The first kappa shape index (κ1) is 20.4. The van der Waals surface area contributed by atoms with Crippen molar-refractivity contribution in [2.24, 2.45) is 5.92 Å². The van der Waals surface area contributed by atoms with Gasteiger partial charge in [0.15, 0.2) is 5.82 Å². The smallest absolute Gasteiger partial charge is 0.233 e. The topological polar surface area (TPSA) is 88.8 Å². The van der Waals surface area contributed by atoms with Crippen LogP contribution in [-0.2, 0) is 16.0 Å². The zero-order chi connectivity index (χ0) is 21.1. The van der Waals surface area contributed by atoms with E-state index in [-0.39, 0.29) is 23.7 Å². The fraction of sp³-hybridized carbons (Fsp3) is 0.545. The Labute approximate surface area is 176 Å². The normalized spacial score (nSPS) is 17.7. The van der Waals surface area contributed by atoms with Gasteiger partial charge in [0.25, 0.3) is 0 Å². The van der Waals surface area contributed by atoms with Crippen LogP contribution < -0.4 is 4.74 Å². The van der Waals surface area contributed by atoms with Gasteiger partial charge < -0.3 is 19.1 Å². The van der Waals surface area contributed by atoms with Gasteiger partial charge in [-0.15, -0.1) is 0 Å². The molecule has 0 atom stereocenters. The Balaban J connectivity index is 1.20. The number of likely N-dealkylation sites (tertiary alicyclic amines) is 2. The third-order valence-corrected chi connectivity index (χ3v) is 5.90. The van der Waals surface area contributed by atoms with Crippen molar-refractivity contribution in [1.29, 1.82) is 0 Å². The molecule has 2 amide bonds. The van der Waals surface area contributed by atoms with Crippen LogP contribution in [0.3, 0.4) is 0 Å². The lowest BCUT2D eigenvalue weighted by molar-refractivity contribution is -0.144. The number of amides is 2. The highest BCUT2D eigenvalue weighted by Gasteiger charge is 2.39. The maximum absolute atomic E-state index is 12.7. The molecule has 2 aliphatic heterocycles. The van der Waals surface area contributed by atoms with Gasteiger partial charge in [-0.05, 0) is 37.5 Å². The second kappa shape index (κ2) is 8.85. The summed E-state index contributed by atoms with van der Waals surface area (Å²) in [5, 5.41) is 4.05. The average molecular weight is 412 g/mol. The Kier molecular flexibility index (Phi) is 6.01. The number of hydrogen-bond donors (Lipinski definition) is 0. The Morgan fingerprint density at radius 3 is 2.67 bits per heavy atom. The van der Waals surface area contributed by atoms with Crippen molar-refractivity contribution in [3.05, 3.63) is 41.5 Å². The van der Waals surface area contributed by atoms with E-state index in [0.29, 0.717) is 50.9 Å². The van der Waals surface area contributed by atoms with E-state index in [9.17, 15) is 9.59 Å². The number of hydrogen-bond acceptors (Lipinski definition) is 6. The number of ether oxygens (including phenoxy) is 1. The fourth-order valence-corrected chi connectivity index (χ4v) is 4.01. The number of aromatic nitrogens is 2. The van der Waals surface area contributed by atoms with Crippen LogP contribution >= 0.6 is 0 Å². The highest BCUT2D eigenvalue weighted by Crippen LogP contribution is 2.29. The summed E-state index contributed by atoms with van der Waals surface area (Å²) in [4.78, 5) is 32.3. The number of nitrogens with zero attached hydrogens (tertiary/aromatic N) is 4. The maximum Gasteiger partial charge on any atom is 0.233 e. The molecule has 8 nitrogen and oxygen atoms in total. The number of aryl methyl sites for hydroxylation is 1. The Morgan fingerprint density at radius 1 is 1.20 bits per heavy atom. The monoisotopic (exact) mass is 412 g/mol. The molecule has 0 radical (unpaired) electrons. The van der Waals surface area contributed by atoms with Crippen LogP contribution in [-0.4, -0.2) is 64.5 Å². The van der Waals surface area contributed by atoms with E-state index >= 15 is 0 Å². The molecule has 2 aliphatic rings. The van der Waals surface area contributed by atoms with E-state index in [1.54, 1.807) is 6.92 Å². The largest absolute Gasteiger partial charge is 0.493 e. The van der Waals surface area contributed by atoms with Crippen molar-refractivity contribution in [2.75, 3.05) is 32.8 Å². The molecule has 2 fully saturated rings. The van der Waals surface area contributed by atoms with Gasteiger partial charge >= 0.3 is 0 Å². The van der Waals surface area contributed by atoms with E-state index in [1.807, 2.05) is 41.0 Å². The first-order chi connectivity index (χ1) is 14.5. The summed E-state index contributed by atoms with van der Waals surface area (Å²) in [5.41, 5.74) is 1.16. The van der Waals surface area contributed by atoms with Crippen molar-refractivity contribution in [3.8, 4) is 5.75 Å². The average Bonchev–Trinajstić information content (AvgIpc) is 3.15. The summed E-state index contributed by atoms with van der Waals surface area (Å²) in [6.45, 7) is 6.66. The summed E-state index contributed by atoms with van der Waals surface area (Å²) in [6, 6.07) is 7.91. The third-order valence-electron chi connectivity index (χ3n) is 5.90. The van der Waals surface area contributed by atoms with Crippen molar-refractivity contribution in [2.45, 2.75) is 39.0 Å². The molecule has 2 aromatic rings. The maximum atomic E-state index is 12.7. The lowest BCUT2D eigenvalue weighted by Gasteiger charge is -2.41. The van der Waals surface area contributed by atoms with Gasteiger partial charge in [0.2, 0.25) is 17.7 Å². The zero-order valence-corrected chi connectivity index (χ0v) is 17.5. The Morgan fingerprint density at radius 2 is 1.97 bits per heavy atom. The summed E-state index contributed by atoms with van der Waals surface area (Å²) >= 11 is 0. The molecule has 1 aromatic carbocycles. The highest BCUT2D eigenvalue weighted by atomic mass is 16.5. The van der Waals surface area contributed by atoms with Crippen LogP contribution in [0.1, 0.15) is 43.0 Å². The van der Waals surface area contributed by atoms with Crippen molar-refractivity contribution in [3.63, 3.8) is 0 Å². The van der Waals surface area contributed by atoms with Gasteiger partial charge in [-0.25, -0.2) is 0 Å². The molecule has 0 unspecified atom stereocenters. The van der Waals surface area contributed by atoms with Crippen LogP contribution in [0.4, 0.5) is 0 Å². The summed E-state index contributed by atoms with van der Waals surface area (Å²) in [6.07, 6.45) is 2.05. The fourth-order valence-electron chi connectivity index (χ4n) is 4.01. The van der Waals surface area contributed by atoms with E-state index in [4.69, 9.17) is 9.26 Å². The molecule has 160 valence electrons. The first-order valence-corrected chi connectivity index (χ1v) is 10.6. The van der Waals surface area contributed by atoms with E-state index in [2.05, 4.69) is 10.1 Å². The van der Waals surface area contributed by atoms with Crippen LogP contribution in [0.5, 0.6) is 5.75 Å². The number of carbonyl (C=O) groups excluding carboxylic acids is 2. The predicted octanol–water partition coefficient (Wildman–Crippen LogP) is 2.18. The standard InChI is InChI=1S/C22H28N4O4/c1-15-4-3-5-19(12-15)29-11-8-20-23-21(30-24-20)18-13-26(14-18)22(28)17-6-9-25(10-7-17)16(2)27/h3-5,12,17-18H,6-11,13-14H2,1-2H3. The van der Waals surface area contributed by atoms with Gasteiger partial charge in [0, 0.05) is 45.4 Å². The van der Waals surface area contributed by atoms with Crippen LogP contribution in [0, 0.1) is 12.8 Å². The zero-order valence-electron chi connectivity index (χ0n) is 17.5. The van der Waals surface area contributed by atoms with Gasteiger partial charge in [-0.1, -0.05) is 17.3 Å². The Hall–Kier alpha value is -2.90. The van der Waals surface area contributed by atoms with E-state index < -0.39 is 0 Å². The van der Waals surface area contributed by atoms with Gasteiger partial charge in [-0.2, -0.15) is 4.98 Å². The second-order valence-corrected chi connectivity index (χ2v) is 8.18. The predicted molar refractivity (Wildman–Crippen MR) is 109 cm³/mol. The lowest BCUT2D eigenvalue weighted by atomic mass is 9.91. The molecule has 0 saturated carbocycles. The van der Waals surface area contributed by atoms with Crippen molar-refractivity contribution >= 4 is 11.8 Å². The van der Waals surface area contributed by atoms with Gasteiger partial charge in [0.05, 0.1) is 12.5 Å². The molecule has 30 heavy (non-hydrogen) atoms. The minimum absolute atomic E-state index is 0.0126. The van der Waals surface area contributed by atoms with Gasteiger partial charge in [0.1, 0.15) is 5.75 Å². The summed E-state index contributed by atoms with van der Waals surface area (Å²) < 4.78 is 11.1. The lowest BCUT2D eigenvalue weighted by Crippen LogP contribution is -2.52. The number of rotatable bonds is 6. The molecule has 0 aliphatic carbocycles. The SMILES string of the molecule is CC(=O)N1CCC(C(=O)N2CC(c3nc(CCOc4cccc(C)c4)no3)C2)CC1. The molecular formula is C22H28N4O4. The molecule has 0 N–H and O–H groups in total. The molecule has 8 heteroatoms. The first-order valence-electron chi connectivity index (χ1n) is 10.6. The van der Waals surface area contributed by atoms with Gasteiger partial charge in [-0.3, -0.25) is 9.59 Å². The third kappa shape index (κ3) is 4.63. The summed E-state index contributed by atoms with van der Waals surface area (Å²) in [5.74, 6) is 2.43. The Bertz CT molecular complexity index is 898.